The van der Waals surface area contributed by atoms with Crippen LogP contribution in [0.3, 0.4) is 0 Å². The number of fused-ring (bicyclic) bond motifs is 2. The van der Waals surface area contributed by atoms with Gasteiger partial charge in [-0.2, -0.15) is 0 Å². The first-order chi connectivity index (χ1) is 12.5. The van der Waals surface area contributed by atoms with Gasteiger partial charge in [-0.1, -0.05) is 24.3 Å². The Morgan fingerprint density at radius 1 is 1.08 bits per heavy atom. The van der Waals surface area contributed by atoms with Gasteiger partial charge in [0.05, 0.1) is 37.3 Å². The van der Waals surface area contributed by atoms with Crippen molar-refractivity contribution in [1.29, 1.82) is 0 Å². The molecule has 136 valence electrons. The largest absolute Gasteiger partial charge is 0.456 e. The van der Waals surface area contributed by atoms with E-state index in [4.69, 9.17) is 4.42 Å². The standard InChI is InChI=1S/C20H22N2O4/c1-4-22(5-2)11-10-21-20(25)15-12(3)26-19-16(15)17(23)13-8-6-7-9-14(13)18(19)24/h6-9H,4-5,10-11H2,1-3H3,(H,21,25)/p+1. The lowest BCUT2D eigenvalue weighted by Crippen LogP contribution is -3.12. The highest BCUT2D eigenvalue weighted by atomic mass is 16.4. The van der Waals surface area contributed by atoms with Crippen molar-refractivity contribution in [1.82, 2.24) is 5.32 Å². The van der Waals surface area contributed by atoms with Crippen LogP contribution in [-0.2, 0) is 0 Å². The Morgan fingerprint density at radius 3 is 2.31 bits per heavy atom. The van der Waals surface area contributed by atoms with E-state index in [1.165, 1.54) is 4.90 Å². The summed E-state index contributed by atoms with van der Waals surface area (Å²) in [5.74, 6) is -0.820. The summed E-state index contributed by atoms with van der Waals surface area (Å²) in [4.78, 5) is 39.6. The van der Waals surface area contributed by atoms with Crippen LogP contribution in [0, 0.1) is 6.92 Å². The number of nitrogens with one attached hydrogen (secondary N) is 2. The monoisotopic (exact) mass is 355 g/mol. The van der Waals surface area contributed by atoms with E-state index in [1.54, 1.807) is 31.2 Å². The fourth-order valence-electron chi connectivity index (χ4n) is 3.38. The highest BCUT2D eigenvalue weighted by molar-refractivity contribution is 6.30. The number of rotatable bonds is 6. The van der Waals surface area contributed by atoms with Crippen LogP contribution in [0.5, 0.6) is 0 Å². The molecule has 3 rings (SSSR count). The number of carbonyl (C=O) groups excluding carboxylic acids is 3. The quantitative estimate of drug-likeness (QED) is 0.692. The molecule has 6 nitrogen and oxygen atoms in total. The molecular formula is C20H23N2O4+. The van der Waals surface area contributed by atoms with Gasteiger partial charge in [-0.3, -0.25) is 14.4 Å². The first-order valence-corrected chi connectivity index (χ1v) is 8.93. The molecule has 1 aromatic heterocycles. The SMILES string of the molecule is CC[NH+](CC)CCNC(=O)c1c(C)oc2c1C(=O)c1ccccc1C2=O. The number of quaternary nitrogens is 1. The van der Waals surface area contributed by atoms with Gasteiger partial charge >= 0.3 is 0 Å². The molecule has 2 N–H and O–H groups in total. The highest BCUT2D eigenvalue weighted by Gasteiger charge is 2.38. The molecular weight excluding hydrogens is 332 g/mol. The van der Waals surface area contributed by atoms with Gasteiger partial charge in [-0.25, -0.2) is 0 Å². The molecule has 0 bridgehead atoms. The van der Waals surface area contributed by atoms with E-state index in [2.05, 4.69) is 19.2 Å². The molecule has 0 radical (unpaired) electrons. The summed E-state index contributed by atoms with van der Waals surface area (Å²) in [5, 5.41) is 2.85. The van der Waals surface area contributed by atoms with Gasteiger partial charge in [-0.05, 0) is 20.8 Å². The molecule has 0 saturated carbocycles. The number of benzene rings is 1. The predicted molar refractivity (Wildman–Crippen MR) is 96.0 cm³/mol. The van der Waals surface area contributed by atoms with Crippen molar-refractivity contribution in [2.75, 3.05) is 26.2 Å². The predicted octanol–water partition coefficient (Wildman–Crippen LogP) is 1.02. The van der Waals surface area contributed by atoms with E-state index in [-0.39, 0.29) is 40.1 Å². The highest BCUT2D eigenvalue weighted by Crippen LogP contribution is 2.32. The Labute approximate surface area is 152 Å². The number of furan rings is 1. The Hall–Kier alpha value is -2.73. The second-order valence-electron chi connectivity index (χ2n) is 6.40. The van der Waals surface area contributed by atoms with Crippen LogP contribution in [-0.4, -0.2) is 43.7 Å². The van der Waals surface area contributed by atoms with E-state index in [9.17, 15) is 14.4 Å². The molecule has 0 atom stereocenters. The Balaban J connectivity index is 1.89. The van der Waals surface area contributed by atoms with E-state index in [0.717, 1.165) is 19.6 Å². The molecule has 1 aliphatic carbocycles. The topological polar surface area (TPSA) is 80.8 Å². The van der Waals surface area contributed by atoms with Crippen molar-refractivity contribution >= 4 is 17.5 Å². The van der Waals surface area contributed by atoms with Crippen molar-refractivity contribution in [3.63, 3.8) is 0 Å². The average molecular weight is 355 g/mol. The van der Waals surface area contributed by atoms with Gasteiger partial charge in [0, 0.05) is 11.1 Å². The number of ketones is 2. The molecule has 1 aromatic carbocycles. The van der Waals surface area contributed by atoms with Crippen LogP contribution in [0.2, 0.25) is 0 Å². The number of aryl methyl sites for hydroxylation is 1. The first-order valence-electron chi connectivity index (χ1n) is 8.93. The summed E-state index contributed by atoms with van der Waals surface area (Å²) in [6.07, 6.45) is 0. The van der Waals surface area contributed by atoms with Crippen LogP contribution in [0.1, 0.15) is 62.0 Å². The van der Waals surface area contributed by atoms with Crippen molar-refractivity contribution in [2.24, 2.45) is 0 Å². The van der Waals surface area contributed by atoms with Gasteiger partial charge in [0.25, 0.3) is 5.91 Å². The normalized spacial score (nSPS) is 12.9. The van der Waals surface area contributed by atoms with E-state index < -0.39 is 0 Å². The molecule has 1 heterocycles. The zero-order valence-corrected chi connectivity index (χ0v) is 15.3. The van der Waals surface area contributed by atoms with Crippen LogP contribution in [0.25, 0.3) is 0 Å². The van der Waals surface area contributed by atoms with Crippen molar-refractivity contribution in [3.05, 3.63) is 58.0 Å². The summed E-state index contributed by atoms with van der Waals surface area (Å²) in [5.41, 5.74) is 0.879. The van der Waals surface area contributed by atoms with Gasteiger partial charge in [0.15, 0.2) is 11.5 Å². The number of amides is 1. The lowest BCUT2D eigenvalue weighted by Gasteiger charge is -2.16. The fourth-order valence-corrected chi connectivity index (χ4v) is 3.38. The van der Waals surface area contributed by atoms with Crippen LogP contribution >= 0.6 is 0 Å². The minimum Gasteiger partial charge on any atom is -0.456 e. The molecule has 0 saturated heterocycles. The molecule has 0 unspecified atom stereocenters. The second kappa shape index (κ2) is 7.25. The number of likely N-dealkylation sites (N-methyl/N-ethyl adjacent to an activating group) is 1. The third-order valence-electron chi connectivity index (χ3n) is 4.93. The third-order valence-corrected chi connectivity index (χ3v) is 4.93. The molecule has 0 aliphatic heterocycles. The molecule has 6 heteroatoms. The Bertz CT molecular complexity index is 878. The average Bonchev–Trinajstić information content (AvgIpc) is 3.01. The summed E-state index contributed by atoms with van der Waals surface area (Å²) in [6.45, 7) is 9.06. The Kier molecular flexibility index (Phi) is 5.04. The number of carbonyl (C=O) groups is 3. The molecule has 26 heavy (non-hydrogen) atoms. The maximum atomic E-state index is 12.9. The van der Waals surface area contributed by atoms with Crippen LogP contribution < -0.4 is 10.2 Å². The smallest absolute Gasteiger partial charge is 0.255 e. The zero-order valence-electron chi connectivity index (χ0n) is 15.3. The number of hydrogen-bond donors (Lipinski definition) is 2. The minimum atomic E-state index is -0.375. The van der Waals surface area contributed by atoms with Gasteiger partial charge in [-0.15, -0.1) is 0 Å². The van der Waals surface area contributed by atoms with Gasteiger partial charge in [0.2, 0.25) is 5.78 Å². The third kappa shape index (κ3) is 2.97. The maximum Gasteiger partial charge on any atom is 0.255 e. The van der Waals surface area contributed by atoms with Crippen LogP contribution in [0.15, 0.2) is 28.7 Å². The molecule has 2 aromatic rings. The molecule has 0 spiro atoms. The van der Waals surface area contributed by atoms with Gasteiger partial charge in [0.1, 0.15) is 5.76 Å². The Morgan fingerprint density at radius 2 is 1.69 bits per heavy atom. The molecule has 1 amide bonds. The van der Waals surface area contributed by atoms with E-state index in [0.29, 0.717) is 17.7 Å². The minimum absolute atomic E-state index is 0.0364. The van der Waals surface area contributed by atoms with Crippen molar-refractivity contribution < 1.29 is 23.7 Å². The second-order valence-corrected chi connectivity index (χ2v) is 6.40. The maximum absolute atomic E-state index is 12.9. The van der Waals surface area contributed by atoms with Crippen LogP contribution in [0.4, 0.5) is 0 Å². The molecule has 0 fully saturated rings. The summed E-state index contributed by atoms with van der Waals surface area (Å²) in [6, 6.07) is 6.61. The summed E-state index contributed by atoms with van der Waals surface area (Å²) < 4.78 is 5.53. The van der Waals surface area contributed by atoms with Crippen molar-refractivity contribution in [3.8, 4) is 0 Å². The number of hydrogen-bond acceptors (Lipinski definition) is 4. The lowest BCUT2D eigenvalue weighted by molar-refractivity contribution is -0.895. The van der Waals surface area contributed by atoms with E-state index >= 15 is 0 Å². The van der Waals surface area contributed by atoms with Crippen molar-refractivity contribution in [2.45, 2.75) is 20.8 Å². The summed E-state index contributed by atoms with van der Waals surface area (Å²) in [7, 11) is 0. The fraction of sp³-hybridized carbons (Fsp3) is 0.350. The van der Waals surface area contributed by atoms with E-state index in [1.807, 2.05) is 0 Å². The molecule has 1 aliphatic rings. The lowest BCUT2D eigenvalue weighted by atomic mass is 9.86. The first kappa shape index (κ1) is 18.1. The zero-order chi connectivity index (χ0) is 18.8. The summed E-state index contributed by atoms with van der Waals surface area (Å²) >= 11 is 0. The van der Waals surface area contributed by atoms with Gasteiger partial charge < -0.3 is 14.6 Å².